The van der Waals surface area contributed by atoms with Gasteiger partial charge in [0, 0.05) is 19.8 Å². The molecule has 2 rings (SSSR count). The van der Waals surface area contributed by atoms with Crippen LogP contribution in [0, 0.1) is 5.92 Å². The van der Waals surface area contributed by atoms with Crippen molar-refractivity contribution in [1.82, 2.24) is 4.98 Å². The molecular formula is C14H22N2O. The Balaban J connectivity index is 2.02. The summed E-state index contributed by atoms with van der Waals surface area (Å²) in [7, 11) is 2.09. The van der Waals surface area contributed by atoms with Crippen LogP contribution in [0.2, 0.25) is 0 Å². The van der Waals surface area contributed by atoms with E-state index in [1.165, 1.54) is 25.7 Å². The molecule has 1 aliphatic rings. The third-order valence-electron chi connectivity index (χ3n) is 3.65. The van der Waals surface area contributed by atoms with Gasteiger partial charge in [-0.05, 0) is 43.4 Å². The number of aliphatic hydroxyl groups is 1. The zero-order chi connectivity index (χ0) is 12.3. The molecule has 1 atom stereocenters. The summed E-state index contributed by atoms with van der Waals surface area (Å²) in [6.45, 7) is 2.87. The van der Waals surface area contributed by atoms with Crippen molar-refractivity contribution in [1.29, 1.82) is 0 Å². The van der Waals surface area contributed by atoms with E-state index in [-0.39, 0.29) is 0 Å². The van der Waals surface area contributed by atoms with Crippen LogP contribution in [0.1, 0.15) is 44.3 Å². The average molecular weight is 234 g/mol. The second kappa shape index (κ2) is 5.50. The van der Waals surface area contributed by atoms with Crippen LogP contribution in [0.3, 0.4) is 0 Å². The van der Waals surface area contributed by atoms with Crippen LogP contribution in [0.25, 0.3) is 0 Å². The van der Waals surface area contributed by atoms with Crippen molar-refractivity contribution in [2.45, 2.75) is 38.7 Å². The molecule has 1 heterocycles. The number of aromatic nitrogens is 1. The minimum Gasteiger partial charge on any atom is -0.389 e. The van der Waals surface area contributed by atoms with Crippen molar-refractivity contribution < 1.29 is 5.11 Å². The van der Waals surface area contributed by atoms with Gasteiger partial charge in [0.05, 0.1) is 6.10 Å². The molecule has 1 N–H and O–H groups in total. The fourth-order valence-corrected chi connectivity index (χ4v) is 2.58. The molecule has 17 heavy (non-hydrogen) atoms. The van der Waals surface area contributed by atoms with Gasteiger partial charge in [0.15, 0.2) is 0 Å². The highest BCUT2D eigenvalue weighted by atomic mass is 16.3. The Morgan fingerprint density at radius 2 is 2.18 bits per heavy atom. The Labute approximate surface area is 103 Å². The molecule has 1 aromatic rings. The number of nitrogens with zero attached hydrogens (tertiary/aromatic N) is 2. The summed E-state index contributed by atoms with van der Waals surface area (Å²) < 4.78 is 0. The summed E-state index contributed by atoms with van der Waals surface area (Å²) >= 11 is 0. The molecule has 0 unspecified atom stereocenters. The van der Waals surface area contributed by atoms with E-state index in [4.69, 9.17) is 0 Å². The lowest BCUT2D eigenvalue weighted by molar-refractivity contribution is 0.199. The fraction of sp³-hybridized carbons (Fsp3) is 0.643. The van der Waals surface area contributed by atoms with Gasteiger partial charge in [0.2, 0.25) is 0 Å². The predicted molar refractivity (Wildman–Crippen MR) is 70.1 cm³/mol. The summed E-state index contributed by atoms with van der Waals surface area (Å²) in [6.07, 6.45) is 6.81. The SMILES string of the molecule is C[C@@H](O)c1ccnc(N(C)CC2CCCC2)c1. The van der Waals surface area contributed by atoms with E-state index in [0.717, 1.165) is 23.8 Å². The molecule has 0 saturated heterocycles. The molecule has 0 aliphatic heterocycles. The quantitative estimate of drug-likeness (QED) is 0.870. The Morgan fingerprint density at radius 3 is 2.82 bits per heavy atom. The molecule has 1 saturated carbocycles. The van der Waals surface area contributed by atoms with Crippen LogP contribution in [-0.2, 0) is 0 Å². The Morgan fingerprint density at radius 1 is 1.47 bits per heavy atom. The van der Waals surface area contributed by atoms with Gasteiger partial charge in [-0.3, -0.25) is 0 Å². The molecule has 0 aromatic carbocycles. The van der Waals surface area contributed by atoms with Gasteiger partial charge >= 0.3 is 0 Å². The minimum absolute atomic E-state index is 0.420. The maximum absolute atomic E-state index is 9.57. The van der Waals surface area contributed by atoms with Crippen molar-refractivity contribution in [2.75, 3.05) is 18.5 Å². The highest BCUT2D eigenvalue weighted by Gasteiger charge is 2.17. The van der Waals surface area contributed by atoms with Gasteiger partial charge in [-0.25, -0.2) is 4.98 Å². The van der Waals surface area contributed by atoms with Crippen molar-refractivity contribution in [3.8, 4) is 0 Å². The van der Waals surface area contributed by atoms with E-state index in [9.17, 15) is 5.11 Å². The van der Waals surface area contributed by atoms with Gasteiger partial charge in [0.25, 0.3) is 0 Å². The second-order valence-electron chi connectivity index (χ2n) is 5.15. The first kappa shape index (κ1) is 12.4. The van der Waals surface area contributed by atoms with Gasteiger partial charge < -0.3 is 10.0 Å². The topological polar surface area (TPSA) is 36.4 Å². The van der Waals surface area contributed by atoms with Crippen LogP contribution in [0.4, 0.5) is 5.82 Å². The first-order valence-electron chi connectivity index (χ1n) is 6.52. The lowest BCUT2D eigenvalue weighted by Crippen LogP contribution is -2.24. The lowest BCUT2D eigenvalue weighted by Gasteiger charge is -2.22. The van der Waals surface area contributed by atoms with Gasteiger partial charge in [0.1, 0.15) is 5.82 Å². The second-order valence-corrected chi connectivity index (χ2v) is 5.15. The van der Waals surface area contributed by atoms with E-state index in [1.54, 1.807) is 13.1 Å². The maximum Gasteiger partial charge on any atom is 0.128 e. The lowest BCUT2D eigenvalue weighted by atomic mass is 10.1. The van der Waals surface area contributed by atoms with Crippen molar-refractivity contribution in [2.24, 2.45) is 5.92 Å². The van der Waals surface area contributed by atoms with E-state index in [1.807, 2.05) is 12.1 Å². The monoisotopic (exact) mass is 234 g/mol. The number of pyridine rings is 1. The average Bonchev–Trinajstić information content (AvgIpc) is 2.82. The molecular weight excluding hydrogens is 212 g/mol. The van der Waals surface area contributed by atoms with Gasteiger partial charge in [-0.2, -0.15) is 0 Å². The molecule has 1 aliphatic carbocycles. The predicted octanol–water partition coefficient (Wildman–Crippen LogP) is 2.76. The molecule has 0 bridgehead atoms. The minimum atomic E-state index is -0.420. The highest BCUT2D eigenvalue weighted by Crippen LogP contribution is 2.26. The van der Waals surface area contributed by atoms with Crippen LogP contribution >= 0.6 is 0 Å². The van der Waals surface area contributed by atoms with Crippen molar-refractivity contribution in [3.63, 3.8) is 0 Å². The first-order valence-corrected chi connectivity index (χ1v) is 6.52. The number of hydrogen-bond donors (Lipinski definition) is 1. The van der Waals surface area contributed by atoms with E-state index >= 15 is 0 Å². The summed E-state index contributed by atoms with van der Waals surface area (Å²) in [5, 5.41) is 9.57. The number of hydrogen-bond acceptors (Lipinski definition) is 3. The standard InChI is InChI=1S/C14H22N2O/c1-11(17)13-7-8-15-14(9-13)16(2)10-12-5-3-4-6-12/h7-9,11-12,17H,3-6,10H2,1-2H3/t11-/m1/s1. The summed E-state index contributed by atoms with van der Waals surface area (Å²) in [4.78, 5) is 6.59. The fourth-order valence-electron chi connectivity index (χ4n) is 2.58. The third-order valence-corrected chi connectivity index (χ3v) is 3.65. The summed E-state index contributed by atoms with van der Waals surface area (Å²) in [5.74, 6) is 1.78. The zero-order valence-corrected chi connectivity index (χ0v) is 10.8. The Bertz CT molecular complexity index is 359. The van der Waals surface area contributed by atoms with Crippen molar-refractivity contribution in [3.05, 3.63) is 23.9 Å². The molecule has 0 radical (unpaired) electrons. The van der Waals surface area contributed by atoms with Crippen LogP contribution in [0.15, 0.2) is 18.3 Å². The number of aliphatic hydroxyl groups excluding tert-OH is 1. The molecule has 1 aromatic heterocycles. The summed E-state index contributed by atoms with van der Waals surface area (Å²) in [5.41, 5.74) is 0.938. The molecule has 3 nitrogen and oxygen atoms in total. The van der Waals surface area contributed by atoms with Crippen LogP contribution in [-0.4, -0.2) is 23.7 Å². The molecule has 3 heteroatoms. The highest BCUT2D eigenvalue weighted by molar-refractivity contribution is 5.40. The maximum atomic E-state index is 9.57. The van der Waals surface area contributed by atoms with Crippen LogP contribution < -0.4 is 4.90 Å². The molecule has 94 valence electrons. The van der Waals surface area contributed by atoms with Gasteiger partial charge in [-0.15, -0.1) is 0 Å². The molecule has 0 amide bonds. The first-order chi connectivity index (χ1) is 8.16. The van der Waals surface area contributed by atoms with Crippen molar-refractivity contribution >= 4 is 5.82 Å². The number of anilines is 1. The number of rotatable bonds is 4. The Hall–Kier alpha value is -1.09. The zero-order valence-electron chi connectivity index (χ0n) is 10.8. The largest absolute Gasteiger partial charge is 0.389 e. The summed E-state index contributed by atoms with van der Waals surface area (Å²) in [6, 6.07) is 3.86. The van der Waals surface area contributed by atoms with E-state index in [2.05, 4.69) is 16.9 Å². The third kappa shape index (κ3) is 3.19. The Kier molecular flexibility index (Phi) is 4.00. The normalized spacial score (nSPS) is 18.3. The molecule has 0 spiro atoms. The van der Waals surface area contributed by atoms with Crippen LogP contribution in [0.5, 0.6) is 0 Å². The smallest absolute Gasteiger partial charge is 0.128 e. The van der Waals surface area contributed by atoms with E-state index < -0.39 is 6.10 Å². The van der Waals surface area contributed by atoms with Gasteiger partial charge in [-0.1, -0.05) is 12.8 Å². The van der Waals surface area contributed by atoms with E-state index in [0.29, 0.717) is 0 Å². The molecule has 1 fully saturated rings.